The second-order valence-electron chi connectivity index (χ2n) is 3.94. The first-order chi connectivity index (χ1) is 8.15. The molecule has 0 heterocycles. The number of hydrogen-bond acceptors (Lipinski definition) is 2. The number of anilines is 1. The van der Waals surface area contributed by atoms with Gasteiger partial charge in [-0.1, -0.05) is 11.6 Å². The van der Waals surface area contributed by atoms with Crippen LogP contribution in [-0.4, -0.2) is 17.6 Å². The van der Waals surface area contributed by atoms with E-state index in [2.05, 4.69) is 11.2 Å². The molecule has 1 aromatic rings. The molecule has 0 aliphatic heterocycles. The maximum atomic E-state index is 11.0. The van der Waals surface area contributed by atoms with E-state index in [1.54, 1.807) is 12.1 Å². The molecular weight excluding hydrogens is 214 g/mol. The summed E-state index contributed by atoms with van der Waals surface area (Å²) >= 11 is 0. The molecule has 0 radical (unpaired) electrons. The third kappa shape index (κ3) is 4.20. The summed E-state index contributed by atoms with van der Waals surface area (Å²) in [5.41, 5.74) is 1.94. The largest absolute Gasteiger partial charge is 0.478 e. The third-order valence-electron chi connectivity index (χ3n) is 2.47. The predicted molar refractivity (Wildman–Crippen MR) is 69.3 cm³/mol. The molecule has 2 N–H and O–H groups in total. The molecule has 0 saturated carbocycles. The highest BCUT2D eigenvalue weighted by molar-refractivity contribution is 5.94. The van der Waals surface area contributed by atoms with Crippen LogP contribution in [0, 0.1) is 19.3 Å². The van der Waals surface area contributed by atoms with Gasteiger partial charge >= 0.3 is 5.97 Å². The minimum absolute atomic E-state index is 0.321. The van der Waals surface area contributed by atoms with Crippen molar-refractivity contribution < 1.29 is 9.90 Å². The molecule has 0 aliphatic carbocycles. The van der Waals surface area contributed by atoms with Crippen LogP contribution in [-0.2, 0) is 0 Å². The van der Waals surface area contributed by atoms with Crippen molar-refractivity contribution >= 4 is 11.7 Å². The quantitative estimate of drug-likeness (QED) is 0.584. The fourth-order valence-corrected chi connectivity index (χ4v) is 1.56. The number of terminal acetylenes is 1. The van der Waals surface area contributed by atoms with Gasteiger partial charge in [0.1, 0.15) is 0 Å². The van der Waals surface area contributed by atoms with Crippen molar-refractivity contribution in [2.24, 2.45) is 0 Å². The number of unbranched alkanes of at least 4 members (excludes halogenated alkanes) is 2. The van der Waals surface area contributed by atoms with Crippen molar-refractivity contribution in [3.8, 4) is 12.3 Å². The van der Waals surface area contributed by atoms with Gasteiger partial charge in [-0.3, -0.25) is 0 Å². The summed E-state index contributed by atoms with van der Waals surface area (Å²) in [7, 11) is 0. The molecule has 0 bridgehead atoms. The third-order valence-corrected chi connectivity index (χ3v) is 2.47. The van der Waals surface area contributed by atoms with Crippen LogP contribution in [0.1, 0.15) is 35.2 Å². The summed E-state index contributed by atoms with van der Waals surface area (Å²) in [4.78, 5) is 11.0. The van der Waals surface area contributed by atoms with E-state index in [1.807, 2.05) is 13.0 Å². The van der Waals surface area contributed by atoms with Gasteiger partial charge in [0.25, 0.3) is 0 Å². The van der Waals surface area contributed by atoms with Gasteiger partial charge in [-0.05, 0) is 31.9 Å². The van der Waals surface area contributed by atoms with Crippen molar-refractivity contribution in [2.75, 3.05) is 11.9 Å². The number of carboxylic acid groups (broad SMARTS) is 1. The van der Waals surface area contributed by atoms with Gasteiger partial charge in [0.05, 0.1) is 5.56 Å². The van der Waals surface area contributed by atoms with Crippen LogP contribution in [0.4, 0.5) is 5.69 Å². The van der Waals surface area contributed by atoms with Crippen LogP contribution in [0.2, 0.25) is 0 Å². The molecule has 0 saturated heterocycles. The summed E-state index contributed by atoms with van der Waals surface area (Å²) in [5, 5.41) is 12.2. The smallest absolute Gasteiger partial charge is 0.337 e. The SMILES string of the molecule is C#CCCCCNc1ccc(C)cc1C(=O)O. The van der Waals surface area contributed by atoms with Gasteiger partial charge in [0.2, 0.25) is 0 Å². The first-order valence-electron chi connectivity index (χ1n) is 5.66. The zero-order chi connectivity index (χ0) is 12.7. The highest BCUT2D eigenvalue weighted by atomic mass is 16.4. The first kappa shape index (κ1) is 13.1. The fraction of sp³-hybridized carbons (Fsp3) is 0.357. The lowest BCUT2D eigenvalue weighted by Crippen LogP contribution is -2.07. The number of carbonyl (C=O) groups is 1. The number of nitrogens with one attached hydrogen (secondary N) is 1. The number of aryl methyl sites for hydroxylation is 1. The number of rotatable bonds is 6. The maximum absolute atomic E-state index is 11.0. The van der Waals surface area contributed by atoms with Gasteiger partial charge in [-0.2, -0.15) is 0 Å². The molecule has 1 rings (SSSR count). The molecule has 17 heavy (non-hydrogen) atoms. The maximum Gasteiger partial charge on any atom is 0.337 e. The van der Waals surface area contributed by atoms with Crippen LogP contribution < -0.4 is 5.32 Å². The Balaban J connectivity index is 2.59. The normalized spacial score (nSPS) is 9.65. The number of hydrogen-bond donors (Lipinski definition) is 2. The van der Waals surface area contributed by atoms with Crippen molar-refractivity contribution in [1.29, 1.82) is 0 Å². The Kier molecular flexibility index (Phi) is 5.09. The van der Waals surface area contributed by atoms with E-state index in [-0.39, 0.29) is 0 Å². The second kappa shape index (κ2) is 6.59. The average Bonchev–Trinajstić information content (AvgIpc) is 2.30. The van der Waals surface area contributed by atoms with Crippen molar-refractivity contribution in [3.05, 3.63) is 29.3 Å². The highest BCUT2D eigenvalue weighted by Crippen LogP contribution is 2.17. The van der Waals surface area contributed by atoms with E-state index in [0.29, 0.717) is 11.3 Å². The minimum Gasteiger partial charge on any atom is -0.478 e. The summed E-state index contributed by atoms with van der Waals surface area (Å²) in [6.45, 7) is 2.62. The van der Waals surface area contributed by atoms with E-state index >= 15 is 0 Å². The van der Waals surface area contributed by atoms with E-state index in [0.717, 1.165) is 31.4 Å². The fourth-order valence-electron chi connectivity index (χ4n) is 1.56. The molecule has 0 aromatic heterocycles. The average molecular weight is 231 g/mol. The van der Waals surface area contributed by atoms with Crippen LogP contribution in [0.3, 0.4) is 0 Å². The Bertz CT molecular complexity index is 432. The number of aromatic carboxylic acids is 1. The van der Waals surface area contributed by atoms with Crippen LogP contribution in [0.25, 0.3) is 0 Å². The lowest BCUT2D eigenvalue weighted by atomic mass is 10.1. The molecule has 3 nitrogen and oxygen atoms in total. The van der Waals surface area contributed by atoms with Crippen molar-refractivity contribution in [3.63, 3.8) is 0 Å². The number of carboxylic acids is 1. The molecule has 90 valence electrons. The van der Waals surface area contributed by atoms with Crippen LogP contribution in [0.15, 0.2) is 18.2 Å². The molecule has 0 fully saturated rings. The van der Waals surface area contributed by atoms with Gasteiger partial charge in [0, 0.05) is 18.7 Å². The van der Waals surface area contributed by atoms with E-state index in [1.165, 1.54) is 0 Å². The molecule has 0 spiro atoms. The molecule has 0 aliphatic rings. The zero-order valence-electron chi connectivity index (χ0n) is 9.99. The summed E-state index contributed by atoms with van der Waals surface area (Å²) in [6.07, 6.45) is 7.82. The Morgan fingerprint density at radius 2 is 2.24 bits per heavy atom. The lowest BCUT2D eigenvalue weighted by Gasteiger charge is -2.09. The van der Waals surface area contributed by atoms with Gasteiger partial charge in [0.15, 0.2) is 0 Å². The molecule has 0 amide bonds. The van der Waals surface area contributed by atoms with Crippen LogP contribution >= 0.6 is 0 Å². The first-order valence-corrected chi connectivity index (χ1v) is 5.66. The van der Waals surface area contributed by atoms with Crippen LogP contribution in [0.5, 0.6) is 0 Å². The summed E-state index contributed by atoms with van der Waals surface area (Å²) in [5.74, 6) is 1.68. The minimum atomic E-state index is -0.903. The molecule has 3 heteroatoms. The van der Waals surface area contributed by atoms with E-state index < -0.39 is 5.97 Å². The van der Waals surface area contributed by atoms with Gasteiger partial charge in [-0.15, -0.1) is 12.3 Å². The van der Waals surface area contributed by atoms with E-state index in [9.17, 15) is 4.79 Å². The Morgan fingerprint density at radius 1 is 1.47 bits per heavy atom. The topological polar surface area (TPSA) is 49.3 Å². The lowest BCUT2D eigenvalue weighted by molar-refractivity contribution is 0.0698. The van der Waals surface area contributed by atoms with Crippen molar-refractivity contribution in [2.45, 2.75) is 26.2 Å². The highest BCUT2D eigenvalue weighted by Gasteiger charge is 2.09. The second-order valence-corrected chi connectivity index (χ2v) is 3.94. The van der Waals surface area contributed by atoms with Gasteiger partial charge < -0.3 is 10.4 Å². The predicted octanol–water partition coefficient (Wildman–Crippen LogP) is 2.91. The molecule has 0 atom stereocenters. The molecule has 1 aromatic carbocycles. The van der Waals surface area contributed by atoms with Gasteiger partial charge in [-0.25, -0.2) is 4.79 Å². The Morgan fingerprint density at radius 3 is 2.88 bits per heavy atom. The van der Waals surface area contributed by atoms with Crippen molar-refractivity contribution in [1.82, 2.24) is 0 Å². The summed E-state index contributed by atoms with van der Waals surface area (Å²) in [6, 6.07) is 5.38. The zero-order valence-corrected chi connectivity index (χ0v) is 9.99. The standard InChI is InChI=1S/C14H17NO2/c1-3-4-5-6-9-15-13-8-7-11(2)10-12(13)14(16)17/h1,7-8,10,15H,4-6,9H2,2H3,(H,16,17). The summed E-state index contributed by atoms with van der Waals surface area (Å²) < 4.78 is 0. The Labute approximate surface area is 102 Å². The van der Waals surface area contributed by atoms with E-state index in [4.69, 9.17) is 11.5 Å². The Hall–Kier alpha value is -1.95. The number of benzene rings is 1. The monoisotopic (exact) mass is 231 g/mol. The molecule has 0 unspecified atom stereocenters. The molecular formula is C14H17NO2.